The first-order valence-corrected chi connectivity index (χ1v) is 7.90. The average Bonchev–Trinajstić information content (AvgIpc) is 2.31. The monoisotopic (exact) mass is 451 g/mol. The first kappa shape index (κ1) is 14.5. The Morgan fingerprint density at radius 1 is 0.889 bits per heavy atom. The van der Waals surface area contributed by atoms with Gasteiger partial charge >= 0.3 is 0 Å². The first-order chi connectivity index (χ1) is 8.49. The van der Waals surface area contributed by atoms with Gasteiger partial charge in [-0.15, -0.1) is 0 Å². The number of hydrogen-bond donors (Lipinski definition) is 1. The molecule has 94 valence electrons. The van der Waals surface area contributed by atoms with Crippen LogP contribution in [0.15, 0.2) is 49.8 Å². The van der Waals surface area contributed by atoms with Crippen LogP contribution in [-0.2, 0) is 0 Å². The molecule has 1 unspecified atom stereocenters. The zero-order chi connectivity index (χ0) is 13.3. The van der Waals surface area contributed by atoms with Crippen LogP contribution in [0.2, 0.25) is 5.02 Å². The lowest BCUT2D eigenvalue weighted by atomic mass is 10.00. The molecule has 0 saturated heterocycles. The van der Waals surface area contributed by atoms with E-state index in [9.17, 15) is 0 Å². The van der Waals surface area contributed by atoms with Gasteiger partial charge in [0, 0.05) is 18.4 Å². The van der Waals surface area contributed by atoms with E-state index >= 15 is 0 Å². The Kier molecular flexibility index (Phi) is 4.89. The van der Waals surface area contributed by atoms with Crippen LogP contribution >= 0.6 is 59.4 Å². The van der Waals surface area contributed by atoms with E-state index in [1.54, 1.807) is 0 Å². The van der Waals surface area contributed by atoms with Crippen LogP contribution in [0.25, 0.3) is 0 Å². The van der Waals surface area contributed by atoms with E-state index in [1.165, 1.54) is 0 Å². The van der Waals surface area contributed by atoms with Crippen LogP contribution in [0, 0.1) is 0 Å². The highest BCUT2D eigenvalue weighted by atomic mass is 79.9. The van der Waals surface area contributed by atoms with E-state index in [4.69, 9.17) is 17.3 Å². The molecule has 0 radical (unpaired) electrons. The quantitative estimate of drug-likeness (QED) is 0.621. The Labute approximate surface area is 136 Å². The summed E-state index contributed by atoms with van der Waals surface area (Å²) in [5.41, 5.74) is 8.18. The van der Waals surface area contributed by atoms with Crippen LogP contribution in [0.3, 0.4) is 0 Å². The molecule has 0 aliphatic heterocycles. The molecule has 2 aromatic rings. The number of benzene rings is 2. The van der Waals surface area contributed by atoms with Gasteiger partial charge in [0.15, 0.2) is 0 Å². The fourth-order valence-electron chi connectivity index (χ4n) is 1.67. The maximum Gasteiger partial charge on any atom is 0.0578 e. The molecule has 0 saturated carbocycles. The molecule has 0 aromatic heterocycles. The maximum atomic E-state index is 6.29. The fraction of sp³-hybridized carbons (Fsp3) is 0.0769. The molecule has 2 N–H and O–H groups in total. The van der Waals surface area contributed by atoms with E-state index in [0.717, 1.165) is 24.5 Å². The SMILES string of the molecule is NC(c1ccc(Br)cc1Cl)c1cc(Br)ccc1Br. The van der Waals surface area contributed by atoms with Crippen molar-refractivity contribution in [1.29, 1.82) is 0 Å². The standard InChI is InChI=1S/C13H9Br3ClN/c14-7-2-4-11(16)10(5-7)13(18)9-3-1-8(15)6-12(9)17/h1-6,13H,18H2. The second kappa shape index (κ2) is 6.06. The summed E-state index contributed by atoms with van der Waals surface area (Å²) >= 11 is 16.6. The van der Waals surface area contributed by atoms with Crippen molar-refractivity contribution in [2.45, 2.75) is 6.04 Å². The highest BCUT2D eigenvalue weighted by molar-refractivity contribution is 9.11. The normalized spacial score (nSPS) is 12.5. The van der Waals surface area contributed by atoms with Gasteiger partial charge in [0.1, 0.15) is 0 Å². The van der Waals surface area contributed by atoms with Gasteiger partial charge in [-0.2, -0.15) is 0 Å². The molecule has 2 aromatic carbocycles. The van der Waals surface area contributed by atoms with E-state index in [-0.39, 0.29) is 6.04 Å². The second-order valence-electron chi connectivity index (χ2n) is 3.81. The van der Waals surface area contributed by atoms with Crippen molar-refractivity contribution in [3.63, 3.8) is 0 Å². The summed E-state index contributed by atoms with van der Waals surface area (Å²) in [5, 5.41) is 0.656. The van der Waals surface area contributed by atoms with Crippen molar-refractivity contribution in [2.24, 2.45) is 5.73 Å². The summed E-state index contributed by atoms with van der Waals surface area (Å²) in [6, 6.07) is 11.4. The third-order valence-corrected chi connectivity index (χ3v) is 4.63. The van der Waals surface area contributed by atoms with Gasteiger partial charge in [-0.05, 0) is 41.5 Å². The Morgan fingerprint density at radius 3 is 2.17 bits per heavy atom. The van der Waals surface area contributed by atoms with Crippen LogP contribution in [-0.4, -0.2) is 0 Å². The number of hydrogen-bond acceptors (Lipinski definition) is 1. The molecule has 0 amide bonds. The van der Waals surface area contributed by atoms with Crippen molar-refractivity contribution < 1.29 is 0 Å². The highest BCUT2D eigenvalue weighted by Crippen LogP contribution is 2.33. The number of rotatable bonds is 2. The predicted molar refractivity (Wildman–Crippen MR) is 87.0 cm³/mol. The van der Waals surface area contributed by atoms with E-state index in [0.29, 0.717) is 5.02 Å². The summed E-state index contributed by atoms with van der Waals surface area (Å²) < 4.78 is 2.90. The molecular formula is C13H9Br3ClN. The third kappa shape index (κ3) is 3.17. The minimum absolute atomic E-state index is 0.266. The molecular weight excluding hydrogens is 445 g/mol. The van der Waals surface area contributed by atoms with Crippen molar-refractivity contribution in [3.8, 4) is 0 Å². The van der Waals surface area contributed by atoms with Gasteiger partial charge in [0.2, 0.25) is 0 Å². The third-order valence-electron chi connectivity index (χ3n) is 2.59. The molecule has 0 aliphatic carbocycles. The van der Waals surface area contributed by atoms with Gasteiger partial charge in [-0.25, -0.2) is 0 Å². The van der Waals surface area contributed by atoms with Crippen LogP contribution in [0.4, 0.5) is 0 Å². The highest BCUT2D eigenvalue weighted by Gasteiger charge is 2.15. The van der Waals surface area contributed by atoms with Gasteiger partial charge in [0.25, 0.3) is 0 Å². The number of halogens is 4. The summed E-state index contributed by atoms with van der Waals surface area (Å²) in [5.74, 6) is 0. The van der Waals surface area contributed by atoms with Gasteiger partial charge in [-0.3, -0.25) is 0 Å². The van der Waals surface area contributed by atoms with Crippen LogP contribution in [0.1, 0.15) is 17.2 Å². The topological polar surface area (TPSA) is 26.0 Å². The Bertz CT molecular complexity index is 586. The van der Waals surface area contributed by atoms with Crippen molar-refractivity contribution >= 4 is 59.4 Å². The minimum Gasteiger partial charge on any atom is -0.320 e. The smallest absolute Gasteiger partial charge is 0.0578 e. The predicted octanol–water partition coefficient (Wildman–Crippen LogP) is 5.68. The average molecular weight is 454 g/mol. The molecule has 0 spiro atoms. The molecule has 0 aliphatic rings. The molecule has 5 heteroatoms. The number of nitrogens with two attached hydrogens (primary N) is 1. The largest absolute Gasteiger partial charge is 0.320 e. The maximum absolute atomic E-state index is 6.29. The molecule has 2 rings (SSSR count). The lowest BCUT2D eigenvalue weighted by Crippen LogP contribution is -2.13. The molecule has 18 heavy (non-hydrogen) atoms. The lowest BCUT2D eigenvalue weighted by molar-refractivity contribution is 0.865. The second-order valence-corrected chi connectivity index (χ2v) is 6.90. The summed E-state index contributed by atoms with van der Waals surface area (Å²) in [7, 11) is 0. The Morgan fingerprint density at radius 2 is 1.50 bits per heavy atom. The first-order valence-electron chi connectivity index (χ1n) is 5.14. The van der Waals surface area contributed by atoms with Gasteiger partial charge in [-0.1, -0.05) is 65.5 Å². The van der Waals surface area contributed by atoms with Crippen molar-refractivity contribution in [2.75, 3.05) is 0 Å². The molecule has 1 nitrogen and oxygen atoms in total. The van der Waals surface area contributed by atoms with Crippen LogP contribution in [0.5, 0.6) is 0 Å². The van der Waals surface area contributed by atoms with E-state index in [1.807, 2.05) is 36.4 Å². The molecule has 1 atom stereocenters. The van der Waals surface area contributed by atoms with E-state index < -0.39 is 0 Å². The Balaban J connectivity index is 2.47. The summed E-state index contributed by atoms with van der Waals surface area (Å²) in [6.07, 6.45) is 0. The van der Waals surface area contributed by atoms with E-state index in [2.05, 4.69) is 47.8 Å². The zero-order valence-electron chi connectivity index (χ0n) is 9.13. The van der Waals surface area contributed by atoms with Crippen molar-refractivity contribution in [3.05, 3.63) is 66.0 Å². The lowest BCUT2D eigenvalue weighted by Gasteiger charge is -2.16. The minimum atomic E-state index is -0.266. The molecule has 0 bridgehead atoms. The molecule has 0 heterocycles. The summed E-state index contributed by atoms with van der Waals surface area (Å²) in [4.78, 5) is 0. The van der Waals surface area contributed by atoms with Gasteiger partial charge < -0.3 is 5.73 Å². The van der Waals surface area contributed by atoms with Gasteiger partial charge in [0.05, 0.1) is 6.04 Å². The fourth-order valence-corrected chi connectivity index (χ4v) is 3.34. The Hall–Kier alpha value is 0.130. The van der Waals surface area contributed by atoms with Crippen molar-refractivity contribution in [1.82, 2.24) is 0 Å². The zero-order valence-corrected chi connectivity index (χ0v) is 14.6. The van der Waals surface area contributed by atoms with Crippen LogP contribution < -0.4 is 5.73 Å². The summed E-state index contributed by atoms with van der Waals surface area (Å²) in [6.45, 7) is 0. The molecule has 0 fully saturated rings.